The first-order chi connectivity index (χ1) is 8.04. The highest BCUT2D eigenvalue weighted by molar-refractivity contribution is 5.44. The van der Waals surface area contributed by atoms with Crippen LogP contribution in [0.5, 0.6) is 11.5 Å². The van der Waals surface area contributed by atoms with E-state index in [0.717, 1.165) is 11.3 Å². The van der Waals surface area contributed by atoms with Crippen LogP contribution in [-0.4, -0.2) is 31.0 Å². The van der Waals surface area contributed by atoms with Gasteiger partial charge in [0, 0.05) is 7.11 Å². The lowest BCUT2D eigenvalue weighted by atomic mass is 9.94. The van der Waals surface area contributed by atoms with Gasteiger partial charge < -0.3 is 19.3 Å². The zero-order chi connectivity index (χ0) is 12.5. The van der Waals surface area contributed by atoms with E-state index >= 15 is 0 Å². The lowest BCUT2D eigenvalue weighted by Gasteiger charge is -2.30. The normalized spacial score (nSPS) is 16.7. The molecule has 1 unspecified atom stereocenters. The Morgan fingerprint density at radius 1 is 1.24 bits per heavy atom. The first kappa shape index (κ1) is 12.2. The maximum atomic E-state index is 10.2. The molecule has 2 rings (SSSR count). The highest BCUT2D eigenvalue weighted by atomic mass is 16.6. The van der Waals surface area contributed by atoms with Gasteiger partial charge >= 0.3 is 0 Å². The second-order valence-electron chi connectivity index (χ2n) is 4.61. The minimum atomic E-state index is -0.705. The number of hydrogen-bond donors (Lipinski definition) is 1. The fraction of sp³-hybridized carbons (Fsp3) is 0.538. The smallest absolute Gasteiger partial charge is 0.161 e. The SMILES string of the molecule is COC(C)(C)C(O)c1ccc2c(c1)OCCO2. The number of rotatable bonds is 3. The third kappa shape index (κ3) is 2.37. The molecule has 1 N–H and O–H groups in total. The van der Waals surface area contributed by atoms with Gasteiger partial charge in [-0.05, 0) is 31.5 Å². The van der Waals surface area contributed by atoms with Crippen LogP contribution in [0.1, 0.15) is 25.5 Å². The summed E-state index contributed by atoms with van der Waals surface area (Å²) in [6.45, 7) is 4.79. The Labute approximate surface area is 101 Å². The van der Waals surface area contributed by atoms with E-state index < -0.39 is 11.7 Å². The van der Waals surface area contributed by atoms with Crippen molar-refractivity contribution in [1.29, 1.82) is 0 Å². The van der Waals surface area contributed by atoms with Gasteiger partial charge in [-0.15, -0.1) is 0 Å². The summed E-state index contributed by atoms with van der Waals surface area (Å²) in [5.74, 6) is 1.40. The lowest BCUT2D eigenvalue weighted by molar-refractivity contribution is -0.0794. The van der Waals surface area contributed by atoms with Crippen LogP contribution in [0.2, 0.25) is 0 Å². The largest absolute Gasteiger partial charge is 0.486 e. The average molecular weight is 238 g/mol. The van der Waals surface area contributed by atoms with Crippen LogP contribution in [0.4, 0.5) is 0 Å². The van der Waals surface area contributed by atoms with Crippen LogP contribution in [0.15, 0.2) is 18.2 Å². The van der Waals surface area contributed by atoms with Gasteiger partial charge in [0.1, 0.15) is 19.3 Å². The Kier molecular flexibility index (Phi) is 3.26. The van der Waals surface area contributed by atoms with Crippen molar-refractivity contribution in [3.05, 3.63) is 23.8 Å². The standard InChI is InChI=1S/C13H18O4/c1-13(2,15-3)12(14)9-4-5-10-11(8-9)17-7-6-16-10/h4-5,8,12,14H,6-7H2,1-3H3. The maximum absolute atomic E-state index is 10.2. The van der Waals surface area contributed by atoms with Crippen LogP contribution in [-0.2, 0) is 4.74 Å². The molecule has 1 aliphatic heterocycles. The van der Waals surface area contributed by atoms with Gasteiger partial charge in [-0.1, -0.05) is 6.07 Å². The molecule has 4 heteroatoms. The molecule has 1 atom stereocenters. The zero-order valence-electron chi connectivity index (χ0n) is 10.4. The van der Waals surface area contributed by atoms with E-state index in [4.69, 9.17) is 14.2 Å². The predicted octanol–water partition coefficient (Wildman–Crippen LogP) is 1.92. The highest BCUT2D eigenvalue weighted by Gasteiger charge is 2.29. The van der Waals surface area contributed by atoms with Gasteiger partial charge in [0.05, 0.1) is 5.60 Å². The Balaban J connectivity index is 2.28. The van der Waals surface area contributed by atoms with Crippen LogP contribution >= 0.6 is 0 Å². The van der Waals surface area contributed by atoms with Crippen LogP contribution in [0.25, 0.3) is 0 Å². The second-order valence-corrected chi connectivity index (χ2v) is 4.61. The number of benzene rings is 1. The van der Waals surface area contributed by atoms with Crippen molar-refractivity contribution in [3.8, 4) is 11.5 Å². The van der Waals surface area contributed by atoms with Crippen LogP contribution in [0.3, 0.4) is 0 Å². The quantitative estimate of drug-likeness (QED) is 0.874. The van der Waals surface area contributed by atoms with Gasteiger partial charge in [0.2, 0.25) is 0 Å². The fourth-order valence-corrected chi connectivity index (χ4v) is 1.74. The Hall–Kier alpha value is -1.26. The molecule has 1 heterocycles. The molecule has 1 aromatic carbocycles. The molecule has 1 aliphatic rings. The number of hydrogen-bond acceptors (Lipinski definition) is 4. The number of ether oxygens (including phenoxy) is 3. The Morgan fingerprint density at radius 3 is 2.53 bits per heavy atom. The fourth-order valence-electron chi connectivity index (χ4n) is 1.74. The summed E-state index contributed by atoms with van der Waals surface area (Å²) >= 11 is 0. The molecule has 17 heavy (non-hydrogen) atoms. The molecule has 0 fully saturated rings. The number of fused-ring (bicyclic) bond motifs is 1. The van der Waals surface area contributed by atoms with Gasteiger partial charge in [-0.2, -0.15) is 0 Å². The van der Waals surface area contributed by atoms with E-state index in [2.05, 4.69) is 0 Å². The second kappa shape index (κ2) is 4.55. The lowest BCUT2D eigenvalue weighted by Crippen LogP contribution is -2.31. The van der Waals surface area contributed by atoms with Crippen molar-refractivity contribution in [2.45, 2.75) is 25.6 Å². The van der Waals surface area contributed by atoms with E-state index in [1.54, 1.807) is 13.2 Å². The first-order valence-electron chi connectivity index (χ1n) is 5.67. The Morgan fingerprint density at radius 2 is 1.88 bits per heavy atom. The van der Waals surface area contributed by atoms with Crippen LogP contribution < -0.4 is 9.47 Å². The van der Waals surface area contributed by atoms with Gasteiger partial charge in [0.25, 0.3) is 0 Å². The third-order valence-corrected chi connectivity index (χ3v) is 3.07. The third-order valence-electron chi connectivity index (χ3n) is 3.07. The first-order valence-corrected chi connectivity index (χ1v) is 5.67. The number of aliphatic hydroxyl groups is 1. The minimum Gasteiger partial charge on any atom is -0.486 e. The van der Waals surface area contributed by atoms with Crippen molar-refractivity contribution in [1.82, 2.24) is 0 Å². The van der Waals surface area contributed by atoms with E-state index in [-0.39, 0.29) is 0 Å². The summed E-state index contributed by atoms with van der Waals surface area (Å²) in [4.78, 5) is 0. The predicted molar refractivity (Wildman–Crippen MR) is 63.5 cm³/mol. The molecule has 0 amide bonds. The molecule has 0 aromatic heterocycles. The van der Waals surface area contributed by atoms with Gasteiger partial charge in [-0.3, -0.25) is 0 Å². The summed E-state index contributed by atoms with van der Waals surface area (Å²) in [7, 11) is 1.58. The molecular formula is C13H18O4. The van der Waals surface area contributed by atoms with Crippen molar-refractivity contribution in [3.63, 3.8) is 0 Å². The molecule has 0 spiro atoms. The van der Waals surface area contributed by atoms with E-state index in [0.29, 0.717) is 19.0 Å². The van der Waals surface area contributed by atoms with Crippen molar-refractivity contribution < 1.29 is 19.3 Å². The van der Waals surface area contributed by atoms with E-state index in [1.165, 1.54) is 0 Å². The molecule has 4 nitrogen and oxygen atoms in total. The summed E-state index contributed by atoms with van der Waals surface area (Å²) < 4.78 is 16.2. The molecule has 0 saturated carbocycles. The summed E-state index contributed by atoms with van der Waals surface area (Å²) in [6, 6.07) is 5.46. The molecule has 1 aromatic rings. The molecule has 0 radical (unpaired) electrons. The molecule has 94 valence electrons. The van der Waals surface area contributed by atoms with Gasteiger partial charge in [-0.25, -0.2) is 0 Å². The summed E-state index contributed by atoms with van der Waals surface area (Å²) in [5.41, 5.74) is 0.130. The van der Waals surface area contributed by atoms with Crippen LogP contribution in [0, 0.1) is 0 Å². The highest BCUT2D eigenvalue weighted by Crippen LogP contribution is 2.36. The Bertz CT molecular complexity index is 400. The molecular weight excluding hydrogens is 220 g/mol. The molecule has 0 aliphatic carbocycles. The van der Waals surface area contributed by atoms with Crippen molar-refractivity contribution in [2.75, 3.05) is 20.3 Å². The maximum Gasteiger partial charge on any atom is 0.161 e. The number of methoxy groups -OCH3 is 1. The monoisotopic (exact) mass is 238 g/mol. The van der Waals surface area contributed by atoms with E-state index in [9.17, 15) is 5.11 Å². The molecule has 0 bridgehead atoms. The van der Waals surface area contributed by atoms with Gasteiger partial charge in [0.15, 0.2) is 11.5 Å². The minimum absolute atomic E-state index is 0.542. The molecule has 0 saturated heterocycles. The number of aliphatic hydroxyl groups excluding tert-OH is 1. The summed E-state index contributed by atoms with van der Waals surface area (Å²) in [5, 5.41) is 10.2. The summed E-state index contributed by atoms with van der Waals surface area (Å²) in [6.07, 6.45) is -0.705. The average Bonchev–Trinajstić information content (AvgIpc) is 2.37. The topological polar surface area (TPSA) is 47.9 Å². The van der Waals surface area contributed by atoms with E-state index in [1.807, 2.05) is 26.0 Å². The zero-order valence-corrected chi connectivity index (χ0v) is 10.4. The van der Waals surface area contributed by atoms with Crippen molar-refractivity contribution >= 4 is 0 Å². The van der Waals surface area contributed by atoms with Crippen molar-refractivity contribution in [2.24, 2.45) is 0 Å².